The molecule has 0 aromatic heterocycles. The molecular formula is C14H8Cl2FNO. The number of hydrogen-bond acceptors (Lipinski definition) is 2. The van der Waals surface area contributed by atoms with Crippen LogP contribution in [0.4, 0.5) is 4.39 Å². The molecule has 0 radical (unpaired) electrons. The van der Waals surface area contributed by atoms with Gasteiger partial charge in [-0.25, -0.2) is 4.39 Å². The van der Waals surface area contributed by atoms with Crippen LogP contribution in [0, 0.1) is 17.1 Å². The largest absolute Gasteiger partial charge is 0.487 e. The van der Waals surface area contributed by atoms with Crippen LogP contribution in [0.25, 0.3) is 0 Å². The molecule has 19 heavy (non-hydrogen) atoms. The molecule has 0 bridgehead atoms. The average molecular weight is 296 g/mol. The van der Waals surface area contributed by atoms with Crippen LogP contribution >= 0.6 is 23.2 Å². The summed E-state index contributed by atoms with van der Waals surface area (Å²) in [6.45, 7) is 0.109. The maximum absolute atomic E-state index is 13.4. The Morgan fingerprint density at radius 1 is 1.21 bits per heavy atom. The molecular weight excluding hydrogens is 288 g/mol. The van der Waals surface area contributed by atoms with E-state index in [2.05, 4.69) is 0 Å². The summed E-state index contributed by atoms with van der Waals surface area (Å²) in [5, 5.41) is 9.91. The standard InChI is InChI=1S/C14H8Cl2FNO/c15-10-4-5-12(16)9(6-10)8-19-14-3-1-2-13(17)11(14)7-18/h1-6H,8H2. The Morgan fingerprint density at radius 2 is 2.00 bits per heavy atom. The summed E-state index contributed by atoms with van der Waals surface area (Å²) in [4.78, 5) is 0. The van der Waals surface area contributed by atoms with E-state index in [1.165, 1.54) is 18.2 Å². The third-order valence-corrected chi connectivity index (χ3v) is 3.08. The van der Waals surface area contributed by atoms with Gasteiger partial charge in [0.2, 0.25) is 0 Å². The summed E-state index contributed by atoms with van der Waals surface area (Å²) in [5.41, 5.74) is 0.544. The average Bonchev–Trinajstić information content (AvgIpc) is 2.40. The minimum Gasteiger partial charge on any atom is -0.487 e. The van der Waals surface area contributed by atoms with Crippen LogP contribution in [0.15, 0.2) is 36.4 Å². The summed E-state index contributed by atoms with van der Waals surface area (Å²) < 4.78 is 18.8. The van der Waals surface area contributed by atoms with Gasteiger partial charge >= 0.3 is 0 Å². The highest BCUT2D eigenvalue weighted by molar-refractivity contribution is 6.33. The fourth-order valence-electron chi connectivity index (χ4n) is 1.54. The number of nitriles is 1. The summed E-state index contributed by atoms with van der Waals surface area (Å²) in [6.07, 6.45) is 0. The second-order valence-electron chi connectivity index (χ2n) is 3.75. The maximum atomic E-state index is 13.4. The highest BCUT2D eigenvalue weighted by Crippen LogP contribution is 2.25. The van der Waals surface area contributed by atoms with E-state index in [0.29, 0.717) is 15.6 Å². The fraction of sp³-hybridized carbons (Fsp3) is 0.0714. The van der Waals surface area contributed by atoms with E-state index in [0.717, 1.165) is 0 Å². The van der Waals surface area contributed by atoms with E-state index < -0.39 is 5.82 Å². The zero-order valence-corrected chi connectivity index (χ0v) is 11.2. The highest BCUT2D eigenvalue weighted by atomic mass is 35.5. The molecule has 0 fully saturated rings. The summed E-state index contributed by atoms with van der Waals surface area (Å²) in [7, 11) is 0. The molecule has 0 heterocycles. The van der Waals surface area contributed by atoms with Gasteiger partial charge in [0, 0.05) is 15.6 Å². The first-order valence-electron chi connectivity index (χ1n) is 5.37. The molecule has 0 N–H and O–H groups in total. The van der Waals surface area contributed by atoms with Gasteiger partial charge in [-0.15, -0.1) is 0 Å². The molecule has 96 valence electrons. The summed E-state index contributed by atoms with van der Waals surface area (Å²) in [5.74, 6) is -0.435. The van der Waals surface area contributed by atoms with Gasteiger partial charge in [0.15, 0.2) is 0 Å². The first-order valence-corrected chi connectivity index (χ1v) is 6.12. The minimum absolute atomic E-state index is 0.109. The first kappa shape index (κ1) is 13.7. The van der Waals surface area contributed by atoms with E-state index in [9.17, 15) is 4.39 Å². The van der Waals surface area contributed by atoms with Crippen LogP contribution in [0.2, 0.25) is 10.0 Å². The van der Waals surface area contributed by atoms with Crippen molar-refractivity contribution in [2.45, 2.75) is 6.61 Å². The van der Waals surface area contributed by atoms with E-state index >= 15 is 0 Å². The number of ether oxygens (including phenoxy) is 1. The van der Waals surface area contributed by atoms with Gasteiger partial charge in [-0.3, -0.25) is 0 Å². The number of hydrogen-bond donors (Lipinski definition) is 0. The SMILES string of the molecule is N#Cc1c(F)cccc1OCc1cc(Cl)ccc1Cl. The molecule has 0 aliphatic rings. The summed E-state index contributed by atoms with van der Waals surface area (Å²) >= 11 is 11.8. The Morgan fingerprint density at radius 3 is 2.74 bits per heavy atom. The first-order chi connectivity index (χ1) is 9.11. The topological polar surface area (TPSA) is 33.0 Å². The second-order valence-corrected chi connectivity index (χ2v) is 4.59. The summed E-state index contributed by atoms with van der Waals surface area (Å²) in [6, 6.07) is 11.0. The van der Waals surface area contributed by atoms with Crippen molar-refractivity contribution >= 4 is 23.2 Å². The van der Waals surface area contributed by atoms with Crippen molar-refractivity contribution in [1.29, 1.82) is 5.26 Å². The Balaban J connectivity index is 2.22. The molecule has 2 nitrogen and oxygen atoms in total. The molecule has 0 atom stereocenters. The Bertz CT molecular complexity index is 652. The van der Waals surface area contributed by atoms with Crippen LogP contribution in [0.3, 0.4) is 0 Å². The quantitative estimate of drug-likeness (QED) is 0.830. The number of halogens is 3. The number of benzene rings is 2. The lowest BCUT2D eigenvalue weighted by molar-refractivity contribution is 0.303. The van der Waals surface area contributed by atoms with Gasteiger partial charge in [-0.1, -0.05) is 29.3 Å². The van der Waals surface area contributed by atoms with E-state index in [4.69, 9.17) is 33.2 Å². The minimum atomic E-state index is -0.614. The molecule has 0 saturated carbocycles. The van der Waals surface area contributed by atoms with Crippen LogP contribution in [-0.4, -0.2) is 0 Å². The smallest absolute Gasteiger partial charge is 0.144 e. The Hall–Kier alpha value is -1.76. The molecule has 2 aromatic carbocycles. The normalized spacial score (nSPS) is 10.0. The second kappa shape index (κ2) is 5.92. The van der Waals surface area contributed by atoms with Crippen molar-refractivity contribution in [1.82, 2.24) is 0 Å². The molecule has 0 spiro atoms. The number of nitrogens with zero attached hydrogens (tertiary/aromatic N) is 1. The monoisotopic (exact) mass is 295 g/mol. The lowest BCUT2D eigenvalue weighted by atomic mass is 10.2. The molecule has 0 saturated heterocycles. The van der Waals surface area contributed by atoms with Crippen molar-refractivity contribution in [2.75, 3.05) is 0 Å². The van der Waals surface area contributed by atoms with Crippen LogP contribution in [-0.2, 0) is 6.61 Å². The Labute approximate surface area is 119 Å². The van der Waals surface area contributed by atoms with Crippen molar-refractivity contribution in [3.05, 3.63) is 63.4 Å². The van der Waals surface area contributed by atoms with Gasteiger partial charge in [0.1, 0.15) is 29.8 Å². The van der Waals surface area contributed by atoms with Crippen LogP contribution in [0.5, 0.6) is 5.75 Å². The zero-order chi connectivity index (χ0) is 13.8. The molecule has 2 aromatic rings. The maximum Gasteiger partial charge on any atom is 0.144 e. The lowest BCUT2D eigenvalue weighted by Gasteiger charge is -2.09. The van der Waals surface area contributed by atoms with Gasteiger partial charge in [-0.2, -0.15) is 5.26 Å². The molecule has 2 rings (SSSR count). The molecule has 5 heteroatoms. The molecule has 0 unspecified atom stereocenters. The van der Waals surface area contributed by atoms with Crippen molar-refractivity contribution in [3.8, 4) is 11.8 Å². The van der Waals surface area contributed by atoms with Crippen molar-refractivity contribution in [2.24, 2.45) is 0 Å². The third kappa shape index (κ3) is 3.17. The van der Waals surface area contributed by atoms with Gasteiger partial charge in [0.05, 0.1) is 0 Å². The fourth-order valence-corrected chi connectivity index (χ4v) is 1.91. The van der Waals surface area contributed by atoms with E-state index in [1.807, 2.05) is 0 Å². The van der Waals surface area contributed by atoms with Crippen molar-refractivity contribution in [3.63, 3.8) is 0 Å². The number of rotatable bonds is 3. The Kier molecular flexibility index (Phi) is 4.26. The van der Waals surface area contributed by atoms with Crippen LogP contribution < -0.4 is 4.74 Å². The van der Waals surface area contributed by atoms with E-state index in [-0.39, 0.29) is 17.9 Å². The van der Waals surface area contributed by atoms with Crippen molar-refractivity contribution < 1.29 is 9.13 Å². The molecule has 0 aliphatic heterocycles. The van der Waals surface area contributed by atoms with E-state index in [1.54, 1.807) is 24.3 Å². The van der Waals surface area contributed by atoms with Crippen LogP contribution in [0.1, 0.15) is 11.1 Å². The lowest BCUT2D eigenvalue weighted by Crippen LogP contribution is -1.99. The highest BCUT2D eigenvalue weighted by Gasteiger charge is 2.10. The third-order valence-electron chi connectivity index (χ3n) is 2.48. The predicted molar refractivity (Wildman–Crippen MR) is 71.9 cm³/mol. The molecule has 0 aliphatic carbocycles. The molecule has 0 amide bonds. The van der Waals surface area contributed by atoms with Gasteiger partial charge in [0.25, 0.3) is 0 Å². The van der Waals surface area contributed by atoms with Gasteiger partial charge in [-0.05, 0) is 30.3 Å². The zero-order valence-electron chi connectivity index (χ0n) is 9.66. The van der Waals surface area contributed by atoms with Gasteiger partial charge < -0.3 is 4.74 Å². The predicted octanol–water partition coefficient (Wildman–Crippen LogP) is 4.58.